The topological polar surface area (TPSA) is 74.2 Å². The van der Waals surface area contributed by atoms with Gasteiger partial charge in [-0.05, 0) is 13.0 Å². The smallest absolute Gasteiger partial charge is 0.394 e. The average Bonchev–Trinajstić information content (AvgIpc) is 2.39. The maximum atomic E-state index is 12.4. The summed E-state index contributed by atoms with van der Waals surface area (Å²) in [5.41, 5.74) is -0.937. The van der Waals surface area contributed by atoms with Gasteiger partial charge in [-0.2, -0.15) is 13.2 Å². The third-order valence-corrected chi connectivity index (χ3v) is 2.78. The summed E-state index contributed by atoms with van der Waals surface area (Å²) >= 11 is 5.70. The molecule has 1 aromatic rings. The number of pyridine rings is 1. The summed E-state index contributed by atoms with van der Waals surface area (Å²) in [5, 5.41) is 13.8. The number of amides is 1. The Morgan fingerprint density at radius 2 is 2.19 bits per heavy atom. The minimum atomic E-state index is -4.50. The number of nitrogens with one attached hydrogen (secondary N) is 2. The van der Waals surface area contributed by atoms with Gasteiger partial charge in [-0.3, -0.25) is 4.79 Å². The quantitative estimate of drug-likeness (QED) is 0.748. The number of rotatable bonds is 6. The van der Waals surface area contributed by atoms with E-state index in [4.69, 9.17) is 16.7 Å². The number of alkyl halides is 3. The van der Waals surface area contributed by atoms with E-state index < -0.39 is 11.7 Å². The Kier molecular flexibility index (Phi) is 6.22. The normalized spacial score (nSPS) is 12.9. The number of hydrogen-bond donors (Lipinski definition) is 3. The molecule has 0 bridgehead atoms. The number of anilines is 1. The predicted molar refractivity (Wildman–Crippen MR) is 72.0 cm³/mol. The van der Waals surface area contributed by atoms with Crippen molar-refractivity contribution in [1.29, 1.82) is 0 Å². The van der Waals surface area contributed by atoms with E-state index in [1.54, 1.807) is 6.92 Å². The van der Waals surface area contributed by atoms with Crippen molar-refractivity contribution in [1.82, 2.24) is 10.3 Å². The molecule has 3 N–H and O–H groups in total. The van der Waals surface area contributed by atoms with E-state index in [1.807, 2.05) is 0 Å². The van der Waals surface area contributed by atoms with Gasteiger partial charge in [0.05, 0.1) is 17.2 Å². The standard InChI is InChI=1S/C12H15ClF3N3O2/c1-7(6-20)19-10(21)2-3-17-11-9(13)4-8(5-18-11)12(14,15)16/h4-5,7,20H,2-3,6H2,1H3,(H,17,18)(H,19,21). The van der Waals surface area contributed by atoms with Gasteiger partial charge in [0.2, 0.25) is 5.91 Å². The second-order valence-corrected chi connectivity index (χ2v) is 4.79. The molecule has 0 radical (unpaired) electrons. The lowest BCUT2D eigenvalue weighted by atomic mass is 10.2. The number of aromatic nitrogens is 1. The fourth-order valence-corrected chi connectivity index (χ4v) is 1.64. The first kappa shape index (κ1) is 17.5. The molecular weight excluding hydrogens is 311 g/mol. The fraction of sp³-hybridized carbons (Fsp3) is 0.500. The molecule has 1 aromatic heterocycles. The van der Waals surface area contributed by atoms with Crippen molar-refractivity contribution in [3.8, 4) is 0 Å². The van der Waals surface area contributed by atoms with E-state index in [-0.39, 0.29) is 42.4 Å². The van der Waals surface area contributed by atoms with Crippen LogP contribution in [0, 0.1) is 0 Å². The number of nitrogens with zero attached hydrogens (tertiary/aromatic N) is 1. The molecule has 0 aliphatic rings. The minimum Gasteiger partial charge on any atom is -0.394 e. The lowest BCUT2D eigenvalue weighted by molar-refractivity contribution is -0.137. The van der Waals surface area contributed by atoms with Crippen LogP contribution in [0.15, 0.2) is 12.3 Å². The highest BCUT2D eigenvalue weighted by Gasteiger charge is 2.31. The molecule has 1 heterocycles. The summed E-state index contributed by atoms with van der Waals surface area (Å²) in [6.07, 6.45) is -3.76. The zero-order chi connectivity index (χ0) is 16.0. The van der Waals surface area contributed by atoms with Gasteiger partial charge < -0.3 is 15.7 Å². The molecule has 5 nitrogen and oxygen atoms in total. The van der Waals surface area contributed by atoms with Crippen LogP contribution >= 0.6 is 11.6 Å². The molecule has 1 amide bonds. The maximum absolute atomic E-state index is 12.4. The Morgan fingerprint density at radius 1 is 1.52 bits per heavy atom. The third kappa shape index (κ3) is 5.76. The number of carbonyl (C=O) groups excluding carboxylic acids is 1. The van der Waals surface area contributed by atoms with Crippen LogP contribution in [0.25, 0.3) is 0 Å². The van der Waals surface area contributed by atoms with Crippen molar-refractivity contribution >= 4 is 23.3 Å². The molecule has 0 aliphatic heterocycles. The van der Waals surface area contributed by atoms with Gasteiger partial charge in [0, 0.05) is 25.2 Å². The Morgan fingerprint density at radius 3 is 2.71 bits per heavy atom. The Bertz CT molecular complexity index is 497. The Balaban J connectivity index is 2.51. The molecule has 1 unspecified atom stereocenters. The van der Waals surface area contributed by atoms with Crippen LogP contribution in [-0.4, -0.2) is 35.2 Å². The second kappa shape index (κ2) is 7.46. The summed E-state index contributed by atoms with van der Waals surface area (Å²) in [6, 6.07) is 0.412. The van der Waals surface area contributed by atoms with Gasteiger partial charge in [0.1, 0.15) is 5.82 Å². The van der Waals surface area contributed by atoms with Crippen LogP contribution in [-0.2, 0) is 11.0 Å². The van der Waals surface area contributed by atoms with Crippen molar-refractivity contribution in [3.63, 3.8) is 0 Å². The SMILES string of the molecule is CC(CO)NC(=O)CCNc1ncc(C(F)(F)F)cc1Cl. The van der Waals surface area contributed by atoms with Crippen molar-refractivity contribution in [2.75, 3.05) is 18.5 Å². The largest absolute Gasteiger partial charge is 0.417 e. The monoisotopic (exact) mass is 325 g/mol. The van der Waals surface area contributed by atoms with Crippen molar-refractivity contribution < 1.29 is 23.1 Å². The molecule has 0 saturated heterocycles. The number of aliphatic hydroxyl groups excluding tert-OH is 1. The first-order chi connectivity index (χ1) is 9.74. The van der Waals surface area contributed by atoms with E-state index in [0.29, 0.717) is 6.20 Å². The number of aliphatic hydroxyl groups is 1. The summed E-state index contributed by atoms with van der Waals surface area (Å²) in [4.78, 5) is 15.0. The van der Waals surface area contributed by atoms with E-state index in [0.717, 1.165) is 6.07 Å². The summed E-state index contributed by atoms with van der Waals surface area (Å²) in [7, 11) is 0. The molecule has 118 valence electrons. The van der Waals surface area contributed by atoms with Crippen LogP contribution in [0.5, 0.6) is 0 Å². The maximum Gasteiger partial charge on any atom is 0.417 e. The van der Waals surface area contributed by atoms with Crippen LogP contribution in [0.3, 0.4) is 0 Å². The highest BCUT2D eigenvalue weighted by molar-refractivity contribution is 6.32. The Hall–Kier alpha value is -1.54. The summed E-state index contributed by atoms with van der Waals surface area (Å²) in [6.45, 7) is 1.62. The van der Waals surface area contributed by atoms with Crippen LogP contribution < -0.4 is 10.6 Å². The predicted octanol–water partition coefficient (Wildman–Crippen LogP) is 2.05. The van der Waals surface area contributed by atoms with E-state index in [2.05, 4.69) is 15.6 Å². The van der Waals surface area contributed by atoms with Crippen molar-refractivity contribution in [2.45, 2.75) is 25.6 Å². The van der Waals surface area contributed by atoms with Gasteiger partial charge in [-0.25, -0.2) is 4.98 Å². The zero-order valence-electron chi connectivity index (χ0n) is 11.2. The van der Waals surface area contributed by atoms with E-state index in [9.17, 15) is 18.0 Å². The highest BCUT2D eigenvalue weighted by Crippen LogP contribution is 2.32. The number of carbonyl (C=O) groups is 1. The molecule has 0 fully saturated rings. The van der Waals surface area contributed by atoms with Gasteiger partial charge in [-0.1, -0.05) is 11.6 Å². The first-order valence-electron chi connectivity index (χ1n) is 6.11. The van der Waals surface area contributed by atoms with Gasteiger partial charge >= 0.3 is 6.18 Å². The minimum absolute atomic E-state index is 0.0728. The first-order valence-corrected chi connectivity index (χ1v) is 6.48. The summed E-state index contributed by atoms with van der Waals surface area (Å²) < 4.78 is 37.3. The number of hydrogen-bond acceptors (Lipinski definition) is 4. The van der Waals surface area contributed by atoms with Crippen molar-refractivity contribution in [2.24, 2.45) is 0 Å². The van der Waals surface area contributed by atoms with Gasteiger partial charge in [-0.15, -0.1) is 0 Å². The fourth-order valence-electron chi connectivity index (χ4n) is 1.41. The summed E-state index contributed by atoms with van der Waals surface area (Å²) in [5.74, 6) is -0.222. The van der Waals surface area contributed by atoms with Crippen molar-refractivity contribution in [3.05, 3.63) is 22.8 Å². The highest BCUT2D eigenvalue weighted by atomic mass is 35.5. The molecular formula is C12H15ClF3N3O2. The average molecular weight is 326 g/mol. The molecule has 0 aromatic carbocycles. The molecule has 0 spiro atoms. The van der Waals surface area contributed by atoms with E-state index in [1.165, 1.54) is 0 Å². The van der Waals surface area contributed by atoms with Crippen LogP contribution in [0.4, 0.5) is 19.0 Å². The third-order valence-electron chi connectivity index (χ3n) is 2.49. The van der Waals surface area contributed by atoms with Crippen LogP contribution in [0.2, 0.25) is 5.02 Å². The molecule has 1 rings (SSSR count). The Labute approximate surface area is 124 Å². The van der Waals surface area contributed by atoms with E-state index >= 15 is 0 Å². The molecule has 21 heavy (non-hydrogen) atoms. The van der Waals surface area contributed by atoms with Gasteiger partial charge in [0.15, 0.2) is 0 Å². The molecule has 9 heteroatoms. The molecule has 0 saturated carbocycles. The van der Waals surface area contributed by atoms with Gasteiger partial charge in [0.25, 0.3) is 0 Å². The lowest BCUT2D eigenvalue weighted by Gasteiger charge is -2.12. The lowest BCUT2D eigenvalue weighted by Crippen LogP contribution is -2.35. The van der Waals surface area contributed by atoms with Crippen LogP contribution in [0.1, 0.15) is 18.9 Å². The molecule has 1 atom stereocenters. The zero-order valence-corrected chi connectivity index (χ0v) is 11.9. The number of halogens is 4. The molecule has 0 aliphatic carbocycles. The second-order valence-electron chi connectivity index (χ2n) is 4.38.